The van der Waals surface area contributed by atoms with Gasteiger partial charge in [-0.3, -0.25) is 4.79 Å². The molecule has 1 unspecified atom stereocenters. The number of benzene rings is 3. The Bertz CT molecular complexity index is 1670. The largest absolute Gasteiger partial charge is 0.336 e. The van der Waals surface area contributed by atoms with Gasteiger partial charge in [-0.1, -0.05) is 53.5 Å². The van der Waals surface area contributed by atoms with Crippen LogP contribution in [0.3, 0.4) is 0 Å². The Balaban J connectivity index is 0.00000267. The Morgan fingerprint density at radius 1 is 0.944 bits per heavy atom. The van der Waals surface area contributed by atoms with Crippen molar-refractivity contribution in [3.8, 4) is 11.1 Å². The lowest BCUT2D eigenvalue weighted by Gasteiger charge is -2.30. The fraction of sp³-hybridized carbons (Fsp3) is 0.143. The van der Waals surface area contributed by atoms with Gasteiger partial charge in [-0.15, -0.1) is 24.0 Å². The third-order valence-corrected chi connectivity index (χ3v) is 7.95. The van der Waals surface area contributed by atoms with E-state index in [9.17, 15) is 4.79 Å². The van der Waals surface area contributed by atoms with Crippen molar-refractivity contribution in [2.75, 3.05) is 0 Å². The van der Waals surface area contributed by atoms with Crippen molar-refractivity contribution < 1.29 is 0 Å². The Morgan fingerprint density at radius 2 is 1.72 bits per heavy atom. The van der Waals surface area contributed by atoms with E-state index in [1.54, 1.807) is 18.6 Å². The van der Waals surface area contributed by atoms with Crippen molar-refractivity contribution in [2.45, 2.75) is 17.8 Å². The number of alkyl halides is 1. The summed E-state index contributed by atoms with van der Waals surface area (Å²) in [5.74, 6) is 0. The molecule has 182 valence electrons. The standard InChI is InChI=1S/C28H20Cl3N3O.ClH/c1-33-16-32-15-25(33)28(31,19-5-7-21(29)8-6-19)20-11-18-9-10-34-26(35)14-23(24(13-20)27(18)34)17-3-2-4-22(30)12-17;/h2-8,11-16H,9-10H2,1H3;1H. The van der Waals surface area contributed by atoms with Gasteiger partial charge in [0.2, 0.25) is 0 Å². The molecule has 0 N–H and O–H groups in total. The zero-order valence-corrected chi connectivity index (χ0v) is 22.3. The fourth-order valence-corrected chi connectivity index (χ4v) is 5.91. The number of aryl methyl sites for hydroxylation is 3. The topological polar surface area (TPSA) is 39.8 Å². The van der Waals surface area contributed by atoms with Gasteiger partial charge in [0.15, 0.2) is 0 Å². The number of pyridine rings is 1. The van der Waals surface area contributed by atoms with E-state index in [1.165, 1.54) is 0 Å². The molecule has 0 aliphatic carbocycles. The van der Waals surface area contributed by atoms with Crippen molar-refractivity contribution in [3.05, 3.63) is 122 Å². The van der Waals surface area contributed by atoms with Crippen LogP contribution in [0.5, 0.6) is 0 Å². The highest BCUT2D eigenvalue weighted by atomic mass is 35.5. The Kier molecular flexibility index (Phi) is 6.42. The minimum Gasteiger partial charge on any atom is -0.336 e. The van der Waals surface area contributed by atoms with E-state index < -0.39 is 4.87 Å². The Morgan fingerprint density at radius 3 is 2.42 bits per heavy atom. The second kappa shape index (κ2) is 9.28. The smallest absolute Gasteiger partial charge is 0.251 e. The molecule has 0 radical (unpaired) electrons. The van der Waals surface area contributed by atoms with Gasteiger partial charge in [-0.25, -0.2) is 4.98 Å². The van der Waals surface area contributed by atoms with E-state index in [0.717, 1.165) is 50.8 Å². The number of imidazole rings is 1. The fourth-order valence-electron chi connectivity index (χ4n) is 5.18. The van der Waals surface area contributed by atoms with E-state index in [2.05, 4.69) is 17.1 Å². The molecule has 0 spiro atoms. The first-order valence-corrected chi connectivity index (χ1v) is 12.4. The number of aromatic nitrogens is 3. The van der Waals surface area contributed by atoms with Crippen LogP contribution in [0, 0.1) is 0 Å². The highest BCUT2D eigenvalue weighted by Crippen LogP contribution is 2.46. The van der Waals surface area contributed by atoms with Crippen molar-refractivity contribution >= 4 is 58.1 Å². The first-order valence-electron chi connectivity index (χ1n) is 11.2. The minimum atomic E-state index is -1.02. The molecule has 8 heteroatoms. The molecular formula is C28H21Cl4N3O. The van der Waals surface area contributed by atoms with Crippen molar-refractivity contribution in [3.63, 3.8) is 0 Å². The second-order valence-electron chi connectivity index (χ2n) is 8.89. The summed E-state index contributed by atoms with van der Waals surface area (Å²) >= 11 is 20.1. The molecule has 6 rings (SSSR count). The minimum absolute atomic E-state index is 0. The van der Waals surface area contributed by atoms with Crippen LogP contribution >= 0.6 is 47.2 Å². The zero-order valence-electron chi connectivity index (χ0n) is 19.2. The van der Waals surface area contributed by atoms with Crippen molar-refractivity contribution in [1.29, 1.82) is 0 Å². The average molecular weight is 557 g/mol. The lowest BCUT2D eigenvalue weighted by atomic mass is 9.85. The predicted octanol–water partition coefficient (Wildman–Crippen LogP) is 7.22. The van der Waals surface area contributed by atoms with Gasteiger partial charge in [-0.05, 0) is 64.6 Å². The third-order valence-electron chi connectivity index (χ3n) is 6.83. The highest BCUT2D eigenvalue weighted by molar-refractivity contribution is 6.31. The summed E-state index contributed by atoms with van der Waals surface area (Å²) in [4.78, 5) is 16.4. The third kappa shape index (κ3) is 3.84. The van der Waals surface area contributed by atoms with Crippen LogP contribution in [0.4, 0.5) is 0 Å². The van der Waals surface area contributed by atoms with Crippen LogP contribution in [0.15, 0.2) is 84.0 Å². The summed E-state index contributed by atoms with van der Waals surface area (Å²) in [6, 6.07) is 21.1. The molecule has 3 aromatic carbocycles. The van der Waals surface area contributed by atoms with Gasteiger partial charge in [0, 0.05) is 35.1 Å². The summed E-state index contributed by atoms with van der Waals surface area (Å²) < 4.78 is 3.79. The number of hydrogen-bond acceptors (Lipinski definition) is 2. The summed E-state index contributed by atoms with van der Waals surface area (Å²) in [6.07, 6.45) is 4.30. The second-order valence-corrected chi connectivity index (χ2v) is 10.3. The molecule has 36 heavy (non-hydrogen) atoms. The molecule has 1 aliphatic rings. The summed E-state index contributed by atoms with van der Waals surface area (Å²) in [5.41, 5.74) is 6.40. The molecule has 3 heterocycles. The van der Waals surface area contributed by atoms with E-state index in [-0.39, 0.29) is 18.0 Å². The number of hydrogen-bond donors (Lipinski definition) is 0. The van der Waals surface area contributed by atoms with Gasteiger partial charge in [0.25, 0.3) is 5.56 Å². The highest BCUT2D eigenvalue weighted by Gasteiger charge is 2.38. The van der Waals surface area contributed by atoms with Crippen LogP contribution in [0.25, 0.3) is 22.0 Å². The molecule has 0 fully saturated rings. The lowest BCUT2D eigenvalue weighted by molar-refractivity contribution is 0.739. The van der Waals surface area contributed by atoms with Crippen molar-refractivity contribution in [2.24, 2.45) is 7.05 Å². The van der Waals surface area contributed by atoms with E-state index in [4.69, 9.17) is 34.8 Å². The van der Waals surface area contributed by atoms with E-state index >= 15 is 0 Å². The van der Waals surface area contributed by atoms with Crippen LogP contribution in [-0.4, -0.2) is 14.1 Å². The van der Waals surface area contributed by atoms with Gasteiger partial charge >= 0.3 is 0 Å². The molecule has 0 saturated carbocycles. The molecule has 5 aromatic rings. The molecule has 1 aliphatic heterocycles. The van der Waals surface area contributed by atoms with Crippen molar-refractivity contribution in [1.82, 2.24) is 14.1 Å². The molecule has 0 saturated heterocycles. The monoisotopic (exact) mass is 555 g/mol. The Hall–Kier alpha value is -2.76. The van der Waals surface area contributed by atoms with E-state index in [1.807, 2.05) is 64.7 Å². The van der Waals surface area contributed by atoms with E-state index in [0.29, 0.717) is 16.6 Å². The number of halogens is 4. The molecule has 4 nitrogen and oxygen atoms in total. The molecular weight excluding hydrogens is 536 g/mol. The molecule has 2 aromatic heterocycles. The van der Waals surface area contributed by atoms with Gasteiger partial charge in [-0.2, -0.15) is 0 Å². The summed E-state index contributed by atoms with van der Waals surface area (Å²) in [5, 5.41) is 2.23. The summed E-state index contributed by atoms with van der Waals surface area (Å²) in [7, 11) is 1.94. The van der Waals surface area contributed by atoms with Crippen LogP contribution < -0.4 is 5.56 Å². The van der Waals surface area contributed by atoms with Crippen LogP contribution in [0.2, 0.25) is 10.0 Å². The lowest BCUT2D eigenvalue weighted by Crippen LogP contribution is -2.25. The molecule has 1 atom stereocenters. The number of rotatable bonds is 4. The maximum absolute atomic E-state index is 13.0. The van der Waals surface area contributed by atoms with Crippen LogP contribution in [-0.2, 0) is 24.9 Å². The van der Waals surface area contributed by atoms with Crippen LogP contribution in [0.1, 0.15) is 22.4 Å². The Labute approximate surface area is 229 Å². The normalized spacial score (nSPS) is 14.0. The maximum atomic E-state index is 13.0. The van der Waals surface area contributed by atoms with Gasteiger partial charge < -0.3 is 9.13 Å². The zero-order chi connectivity index (χ0) is 24.3. The maximum Gasteiger partial charge on any atom is 0.251 e. The predicted molar refractivity (Wildman–Crippen MR) is 150 cm³/mol. The average Bonchev–Trinajstić information content (AvgIpc) is 3.48. The molecule has 0 amide bonds. The quantitative estimate of drug-likeness (QED) is 0.219. The van der Waals surface area contributed by atoms with Gasteiger partial charge in [0.05, 0.1) is 23.7 Å². The first kappa shape index (κ1) is 24.9. The SMILES string of the molecule is Cl.Cn1cncc1C(Cl)(c1ccc(Cl)cc1)c1cc2c3c(c1)c(-c1cccc(Cl)c1)cc(=O)n3CC2. The summed E-state index contributed by atoms with van der Waals surface area (Å²) in [6.45, 7) is 0.645. The molecule has 0 bridgehead atoms. The number of nitrogens with zero attached hydrogens (tertiary/aromatic N) is 3. The van der Waals surface area contributed by atoms with Gasteiger partial charge in [0.1, 0.15) is 4.87 Å². The first-order chi connectivity index (χ1) is 16.9.